The van der Waals surface area contributed by atoms with Gasteiger partial charge in [0.15, 0.2) is 16.6 Å². The van der Waals surface area contributed by atoms with Crippen LogP contribution in [0.2, 0.25) is 0 Å². The smallest absolute Gasteiger partial charge is 0.225 e. The minimum atomic E-state index is 0.327. The highest BCUT2D eigenvalue weighted by atomic mass is 32.1. The summed E-state index contributed by atoms with van der Waals surface area (Å²) in [6.07, 6.45) is 4.06. The number of anilines is 3. The molecule has 3 aromatic rings. The summed E-state index contributed by atoms with van der Waals surface area (Å²) in [6.45, 7) is 0. The SMILES string of the molecule is COc1ccc(NC(=S)NC2CCC(Nc3nc(N(C)C)c4ccccc4n3)CC2)cc1OC. The molecule has 0 bridgehead atoms. The van der Waals surface area contributed by atoms with Gasteiger partial charge in [0.2, 0.25) is 5.95 Å². The third-order valence-electron chi connectivity index (χ3n) is 6.04. The van der Waals surface area contributed by atoms with E-state index in [-0.39, 0.29) is 0 Å². The fourth-order valence-corrected chi connectivity index (χ4v) is 4.58. The van der Waals surface area contributed by atoms with Crippen LogP contribution in [0.4, 0.5) is 17.5 Å². The molecule has 9 heteroatoms. The Morgan fingerprint density at radius 2 is 1.65 bits per heavy atom. The quantitative estimate of drug-likeness (QED) is 0.426. The Balaban J connectivity index is 1.31. The van der Waals surface area contributed by atoms with Gasteiger partial charge >= 0.3 is 0 Å². The molecule has 1 aliphatic rings. The number of thiocarbonyl (C=S) groups is 1. The van der Waals surface area contributed by atoms with E-state index in [0.717, 1.165) is 48.1 Å². The molecular weight excluding hydrogens is 448 g/mol. The van der Waals surface area contributed by atoms with E-state index in [2.05, 4.69) is 22.0 Å². The molecule has 1 aliphatic carbocycles. The van der Waals surface area contributed by atoms with Crippen LogP contribution in [0.25, 0.3) is 10.9 Å². The number of para-hydroxylation sites is 1. The first-order valence-electron chi connectivity index (χ1n) is 11.5. The van der Waals surface area contributed by atoms with Crippen molar-refractivity contribution in [3.8, 4) is 11.5 Å². The normalized spacial score (nSPS) is 17.6. The lowest BCUT2D eigenvalue weighted by Gasteiger charge is -2.30. The van der Waals surface area contributed by atoms with Gasteiger partial charge in [0.25, 0.3) is 0 Å². The van der Waals surface area contributed by atoms with Gasteiger partial charge in [-0.25, -0.2) is 4.98 Å². The standard InChI is InChI=1S/C25H32N6O2S/c1-31(2)23-19-7-5-6-8-20(19)29-24(30-23)26-16-9-11-17(12-10-16)27-25(34)28-18-13-14-21(32-3)22(15-18)33-4/h5-8,13-17H,9-12H2,1-4H3,(H,26,29,30)(H2,27,28,34). The Hall–Kier alpha value is -3.33. The van der Waals surface area contributed by atoms with Crippen molar-refractivity contribution in [1.82, 2.24) is 15.3 Å². The summed E-state index contributed by atoms with van der Waals surface area (Å²) in [4.78, 5) is 11.5. The maximum atomic E-state index is 5.54. The first kappa shape index (κ1) is 23.8. The Bertz CT molecular complexity index is 1150. The maximum absolute atomic E-state index is 5.54. The molecule has 1 aromatic heterocycles. The number of nitrogens with zero attached hydrogens (tertiary/aromatic N) is 3. The molecule has 0 saturated heterocycles. The van der Waals surface area contributed by atoms with E-state index < -0.39 is 0 Å². The Labute approximate surface area is 206 Å². The van der Waals surface area contributed by atoms with Crippen LogP contribution in [0.15, 0.2) is 42.5 Å². The maximum Gasteiger partial charge on any atom is 0.225 e. The molecule has 4 rings (SSSR count). The van der Waals surface area contributed by atoms with Crippen LogP contribution in [0.3, 0.4) is 0 Å². The van der Waals surface area contributed by atoms with Gasteiger partial charge in [0, 0.05) is 43.3 Å². The lowest BCUT2D eigenvalue weighted by molar-refractivity contribution is 0.355. The summed E-state index contributed by atoms with van der Waals surface area (Å²) in [5, 5.41) is 11.9. The van der Waals surface area contributed by atoms with E-state index in [1.165, 1.54) is 0 Å². The average molecular weight is 481 g/mol. The van der Waals surface area contributed by atoms with Crippen molar-refractivity contribution in [3.05, 3.63) is 42.5 Å². The Kier molecular flexibility index (Phi) is 7.52. The fourth-order valence-electron chi connectivity index (χ4n) is 4.30. The number of rotatable bonds is 7. The van der Waals surface area contributed by atoms with Crippen LogP contribution in [0.1, 0.15) is 25.7 Å². The van der Waals surface area contributed by atoms with Crippen LogP contribution in [0.5, 0.6) is 11.5 Å². The van der Waals surface area contributed by atoms with Gasteiger partial charge in [-0.1, -0.05) is 12.1 Å². The molecular formula is C25H32N6O2S. The molecule has 0 amide bonds. The number of hydrogen-bond acceptors (Lipinski definition) is 7. The van der Waals surface area contributed by atoms with Crippen LogP contribution in [-0.2, 0) is 0 Å². The Morgan fingerprint density at radius 3 is 2.35 bits per heavy atom. The minimum absolute atomic E-state index is 0.327. The molecule has 0 unspecified atom stereocenters. The molecule has 1 fully saturated rings. The second-order valence-corrected chi connectivity index (χ2v) is 9.05. The lowest BCUT2D eigenvalue weighted by Crippen LogP contribution is -2.42. The van der Waals surface area contributed by atoms with Crippen molar-refractivity contribution < 1.29 is 9.47 Å². The van der Waals surface area contributed by atoms with Gasteiger partial charge in [-0.15, -0.1) is 0 Å². The third kappa shape index (κ3) is 5.59. The highest BCUT2D eigenvalue weighted by molar-refractivity contribution is 7.80. The molecule has 3 N–H and O–H groups in total. The predicted octanol–water partition coefficient (Wildman–Crippen LogP) is 4.42. The number of ether oxygens (including phenoxy) is 2. The van der Waals surface area contributed by atoms with Gasteiger partial charge in [-0.3, -0.25) is 0 Å². The fraction of sp³-hybridized carbons (Fsp3) is 0.400. The van der Waals surface area contributed by atoms with Gasteiger partial charge < -0.3 is 30.3 Å². The van der Waals surface area contributed by atoms with Crippen LogP contribution in [0, 0.1) is 0 Å². The second-order valence-electron chi connectivity index (χ2n) is 8.64. The molecule has 180 valence electrons. The first-order valence-corrected chi connectivity index (χ1v) is 11.9. The molecule has 34 heavy (non-hydrogen) atoms. The van der Waals surface area contributed by atoms with E-state index in [1.54, 1.807) is 14.2 Å². The largest absolute Gasteiger partial charge is 0.493 e. The molecule has 0 spiro atoms. The van der Waals surface area contributed by atoms with Gasteiger partial charge in [-0.2, -0.15) is 4.98 Å². The zero-order valence-corrected chi connectivity index (χ0v) is 20.9. The van der Waals surface area contributed by atoms with E-state index in [4.69, 9.17) is 31.7 Å². The summed E-state index contributed by atoms with van der Waals surface area (Å²) in [6, 6.07) is 14.4. The lowest BCUT2D eigenvalue weighted by atomic mass is 9.91. The monoisotopic (exact) mass is 480 g/mol. The molecule has 1 saturated carbocycles. The number of benzene rings is 2. The van der Waals surface area contributed by atoms with Crippen molar-refractivity contribution >= 4 is 45.7 Å². The number of nitrogens with one attached hydrogen (secondary N) is 3. The summed E-state index contributed by atoms with van der Waals surface area (Å²) >= 11 is 5.54. The first-order chi connectivity index (χ1) is 16.5. The number of aromatic nitrogens is 2. The van der Waals surface area contributed by atoms with Crippen molar-refractivity contribution in [2.75, 3.05) is 43.8 Å². The summed E-state index contributed by atoms with van der Waals surface area (Å²) < 4.78 is 10.7. The highest BCUT2D eigenvalue weighted by Gasteiger charge is 2.23. The molecule has 1 heterocycles. The minimum Gasteiger partial charge on any atom is -0.493 e. The van der Waals surface area contributed by atoms with Gasteiger partial charge in [-0.05, 0) is 62.2 Å². The van der Waals surface area contributed by atoms with E-state index in [9.17, 15) is 0 Å². The van der Waals surface area contributed by atoms with Crippen molar-refractivity contribution in [1.29, 1.82) is 0 Å². The molecule has 0 atom stereocenters. The highest BCUT2D eigenvalue weighted by Crippen LogP contribution is 2.30. The summed E-state index contributed by atoms with van der Waals surface area (Å²) in [5.74, 6) is 2.96. The number of fused-ring (bicyclic) bond motifs is 1. The topological polar surface area (TPSA) is 83.6 Å². The Morgan fingerprint density at radius 1 is 0.941 bits per heavy atom. The van der Waals surface area contributed by atoms with Gasteiger partial charge in [0.1, 0.15) is 5.82 Å². The van der Waals surface area contributed by atoms with E-state index in [1.807, 2.05) is 55.4 Å². The average Bonchev–Trinajstić information content (AvgIpc) is 2.84. The van der Waals surface area contributed by atoms with Gasteiger partial charge in [0.05, 0.1) is 19.7 Å². The van der Waals surface area contributed by atoms with E-state index in [0.29, 0.717) is 34.6 Å². The summed E-state index contributed by atoms with van der Waals surface area (Å²) in [7, 11) is 7.26. The second kappa shape index (κ2) is 10.7. The molecule has 2 aromatic carbocycles. The van der Waals surface area contributed by atoms with Crippen molar-refractivity contribution in [2.45, 2.75) is 37.8 Å². The van der Waals surface area contributed by atoms with Crippen LogP contribution in [-0.4, -0.2) is 55.5 Å². The van der Waals surface area contributed by atoms with Crippen LogP contribution < -0.4 is 30.3 Å². The zero-order chi connectivity index (χ0) is 24.1. The summed E-state index contributed by atoms with van der Waals surface area (Å²) in [5.41, 5.74) is 1.81. The third-order valence-corrected chi connectivity index (χ3v) is 6.26. The molecule has 0 radical (unpaired) electrons. The van der Waals surface area contributed by atoms with Crippen molar-refractivity contribution in [3.63, 3.8) is 0 Å². The molecule has 8 nitrogen and oxygen atoms in total. The number of methoxy groups -OCH3 is 2. The zero-order valence-electron chi connectivity index (χ0n) is 20.1. The van der Waals surface area contributed by atoms with E-state index >= 15 is 0 Å². The number of hydrogen-bond donors (Lipinski definition) is 3. The van der Waals surface area contributed by atoms with Crippen LogP contribution >= 0.6 is 12.2 Å². The predicted molar refractivity (Wildman–Crippen MR) is 142 cm³/mol. The van der Waals surface area contributed by atoms with Crippen molar-refractivity contribution in [2.24, 2.45) is 0 Å². The molecule has 0 aliphatic heterocycles.